The first kappa shape index (κ1) is 5.16. The van der Waals surface area contributed by atoms with Gasteiger partial charge in [0.05, 0.1) is 0 Å². The summed E-state index contributed by atoms with van der Waals surface area (Å²) in [5.41, 5.74) is 0. The summed E-state index contributed by atoms with van der Waals surface area (Å²) in [5, 5.41) is 2.20. The lowest BCUT2D eigenvalue weighted by atomic mass is 10.3. The van der Waals surface area contributed by atoms with E-state index in [0.717, 1.165) is 6.42 Å². The van der Waals surface area contributed by atoms with Crippen LogP contribution in [0.5, 0.6) is 0 Å². The van der Waals surface area contributed by atoms with Gasteiger partial charge in [0.1, 0.15) is 6.67 Å². The minimum Gasteiger partial charge on any atom is -0.250 e. The van der Waals surface area contributed by atoms with E-state index in [1.54, 1.807) is 11.8 Å². The first-order chi connectivity index (χ1) is 3.43. The molecule has 0 aromatic heterocycles. The van der Waals surface area contributed by atoms with Crippen LogP contribution in [0.4, 0.5) is 4.39 Å². The Morgan fingerprint density at radius 2 is 2.71 bits per heavy atom. The van der Waals surface area contributed by atoms with Gasteiger partial charge in [-0.15, -0.1) is 11.8 Å². The smallest absolute Gasteiger partial charge is 0.102 e. The van der Waals surface area contributed by atoms with Crippen molar-refractivity contribution in [3.8, 4) is 0 Å². The summed E-state index contributed by atoms with van der Waals surface area (Å²) in [6.07, 6.45) is 2.93. The zero-order chi connectivity index (χ0) is 5.11. The fourth-order valence-electron chi connectivity index (χ4n) is 0.529. The molecule has 0 radical (unpaired) electrons. The van der Waals surface area contributed by atoms with Crippen molar-refractivity contribution in [2.75, 3.05) is 6.67 Å². The minimum atomic E-state index is -0.183. The van der Waals surface area contributed by atoms with Crippen LogP contribution in [-0.2, 0) is 0 Å². The number of halogens is 1. The van der Waals surface area contributed by atoms with Gasteiger partial charge in [0.2, 0.25) is 0 Å². The summed E-state index contributed by atoms with van der Waals surface area (Å²) in [7, 11) is 0. The molecule has 1 rings (SSSR count). The van der Waals surface area contributed by atoms with E-state index in [4.69, 9.17) is 0 Å². The van der Waals surface area contributed by atoms with Crippen LogP contribution in [0.25, 0.3) is 0 Å². The Kier molecular flexibility index (Phi) is 1.74. The SMILES string of the molecule is FCC1CC=CS1. The van der Waals surface area contributed by atoms with E-state index in [1.165, 1.54) is 0 Å². The number of thioether (sulfide) groups is 1. The molecule has 0 amide bonds. The van der Waals surface area contributed by atoms with E-state index < -0.39 is 0 Å². The van der Waals surface area contributed by atoms with Gasteiger partial charge < -0.3 is 0 Å². The monoisotopic (exact) mass is 118 g/mol. The maximum Gasteiger partial charge on any atom is 0.102 e. The van der Waals surface area contributed by atoms with Crippen LogP contribution in [0.1, 0.15) is 6.42 Å². The molecule has 0 aromatic carbocycles. The zero-order valence-corrected chi connectivity index (χ0v) is 4.75. The average Bonchev–Trinajstić information content (AvgIpc) is 2.14. The van der Waals surface area contributed by atoms with Crippen LogP contribution >= 0.6 is 11.8 Å². The summed E-state index contributed by atoms with van der Waals surface area (Å²) >= 11 is 1.59. The first-order valence-corrected chi connectivity index (χ1v) is 3.24. The maximum absolute atomic E-state index is 11.6. The summed E-state index contributed by atoms with van der Waals surface area (Å²) in [6.45, 7) is -0.183. The second kappa shape index (κ2) is 2.36. The summed E-state index contributed by atoms with van der Waals surface area (Å²) in [6, 6.07) is 0. The third-order valence-electron chi connectivity index (χ3n) is 0.938. The highest BCUT2D eigenvalue weighted by atomic mass is 32.2. The fourth-order valence-corrected chi connectivity index (χ4v) is 1.27. The standard InChI is InChI=1S/C5H7FS/c6-4-5-2-1-3-7-5/h1,3,5H,2,4H2. The molecule has 0 aliphatic carbocycles. The molecule has 0 fully saturated rings. The number of hydrogen-bond donors (Lipinski definition) is 0. The molecule has 0 saturated carbocycles. The molecular weight excluding hydrogens is 111 g/mol. The van der Waals surface area contributed by atoms with Gasteiger partial charge in [-0.05, 0) is 11.8 Å². The molecule has 1 aliphatic rings. The highest BCUT2D eigenvalue weighted by Gasteiger charge is 2.08. The van der Waals surface area contributed by atoms with E-state index >= 15 is 0 Å². The van der Waals surface area contributed by atoms with Crippen LogP contribution < -0.4 is 0 Å². The second-order valence-electron chi connectivity index (χ2n) is 1.52. The molecule has 0 aromatic rings. The van der Waals surface area contributed by atoms with Crippen molar-refractivity contribution < 1.29 is 4.39 Å². The van der Waals surface area contributed by atoms with Crippen LogP contribution in [0, 0.1) is 0 Å². The average molecular weight is 118 g/mol. The van der Waals surface area contributed by atoms with Crippen molar-refractivity contribution in [3.05, 3.63) is 11.5 Å². The van der Waals surface area contributed by atoms with Gasteiger partial charge in [-0.25, -0.2) is 4.39 Å². The number of alkyl halides is 1. The molecular formula is C5H7FS. The summed E-state index contributed by atoms with van der Waals surface area (Å²) in [4.78, 5) is 0. The number of allylic oxidation sites excluding steroid dienone is 1. The highest BCUT2D eigenvalue weighted by molar-refractivity contribution is 8.03. The predicted molar refractivity (Wildman–Crippen MR) is 31.1 cm³/mol. The highest BCUT2D eigenvalue weighted by Crippen LogP contribution is 2.23. The Hall–Kier alpha value is 0.0200. The van der Waals surface area contributed by atoms with Crippen LogP contribution in [0.2, 0.25) is 0 Å². The molecule has 0 bridgehead atoms. The topological polar surface area (TPSA) is 0 Å². The van der Waals surface area contributed by atoms with Gasteiger partial charge in [-0.3, -0.25) is 0 Å². The quantitative estimate of drug-likeness (QED) is 0.507. The van der Waals surface area contributed by atoms with Gasteiger partial charge >= 0.3 is 0 Å². The zero-order valence-electron chi connectivity index (χ0n) is 3.93. The fraction of sp³-hybridized carbons (Fsp3) is 0.600. The molecule has 0 spiro atoms. The Morgan fingerprint density at radius 1 is 1.86 bits per heavy atom. The largest absolute Gasteiger partial charge is 0.250 e. The molecule has 40 valence electrons. The van der Waals surface area contributed by atoms with E-state index in [1.807, 2.05) is 11.5 Å². The van der Waals surface area contributed by atoms with Gasteiger partial charge in [0.25, 0.3) is 0 Å². The molecule has 1 aliphatic heterocycles. The van der Waals surface area contributed by atoms with Crippen molar-refractivity contribution in [1.82, 2.24) is 0 Å². The lowest BCUT2D eigenvalue weighted by molar-refractivity contribution is 0.486. The Morgan fingerprint density at radius 3 is 3.00 bits per heavy atom. The Labute approximate surface area is 46.8 Å². The van der Waals surface area contributed by atoms with Crippen molar-refractivity contribution in [2.24, 2.45) is 0 Å². The molecule has 0 N–H and O–H groups in total. The van der Waals surface area contributed by atoms with Gasteiger partial charge in [-0.2, -0.15) is 0 Å². The van der Waals surface area contributed by atoms with Gasteiger partial charge in [-0.1, -0.05) is 6.08 Å². The van der Waals surface area contributed by atoms with Crippen molar-refractivity contribution in [3.63, 3.8) is 0 Å². The van der Waals surface area contributed by atoms with Gasteiger partial charge in [0, 0.05) is 5.25 Å². The first-order valence-electron chi connectivity index (χ1n) is 2.30. The minimum absolute atomic E-state index is 0.183. The molecule has 1 unspecified atom stereocenters. The van der Waals surface area contributed by atoms with Gasteiger partial charge in [0.15, 0.2) is 0 Å². The number of hydrogen-bond acceptors (Lipinski definition) is 1. The Bertz CT molecular complexity index is 72.1. The normalized spacial score (nSPS) is 29.0. The third kappa shape index (κ3) is 1.20. The molecule has 1 atom stereocenters. The lowest BCUT2D eigenvalue weighted by Gasteiger charge is -1.96. The second-order valence-corrected chi connectivity index (χ2v) is 2.73. The summed E-state index contributed by atoms with van der Waals surface area (Å²) in [5.74, 6) is 0. The Balaban J connectivity index is 2.22. The van der Waals surface area contributed by atoms with Crippen LogP contribution in [0.15, 0.2) is 11.5 Å². The molecule has 0 saturated heterocycles. The van der Waals surface area contributed by atoms with E-state index in [2.05, 4.69) is 0 Å². The number of rotatable bonds is 1. The third-order valence-corrected chi connectivity index (χ3v) is 1.99. The predicted octanol–water partition coefficient (Wildman–Crippen LogP) is 1.98. The molecule has 7 heavy (non-hydrogen) atoms. The van der Waals surface area contributed by atoms with E-state index in [-0.39, 0.29) is 11.9 Å². The van der Waals surface area contributed by atoms with Crippen molar-refractivity contribution in [1.29, 1.82) is 0 Å². The van der Waals surface area contributed by atoms with Crippen LogP contribution in [0.3, 0.4) is 0 Å². The lowest BCUT2D eigenvalue weighted by Crippen LogP contribution is -1.96. The van der Waals surface area contributed by atoms with Crippen LogP contribution in [-0.4, -0.2) is 11.9 Å². The molecule has 2 heteroatoms. The van der Waals surface area contributed by atoms with E-state index in [0.29, 0.717) is 0 Å². The summed E-state index contributed by atoms with van der Waals surface area (Å²) < 4.78 is 11.6. The maximum atomic E-state index is 11.6. The molecule has 0 nitrogen and oxygen atoms in total. The molecule has 1 heterocycles. The van der Waals surface area contributed by atoms with E-state index in [9.17, 15) is 4.39 Å². The van der Waals surface area contributed by atoms with Crippen molar-refractivity contribution >= 4 is 11.8 Å². The van der Waals surface area contributed by atoms with Crippen molar-refractivity contribution in [2.45, 2.75) is 11.7 Å².